The van der Waals surface area contributed by atoms with Gasteiger partial charge in [-0.15, -0.1) is 0 Å². The first-order valence-electron chi connectivity index (χ1n) is 8.91. The summed E-state index contributed by atoms with van der Waals surface area (Å²) >= 11 is 0. The van der Waals surface area contributed by atoms with Crippen LogP contribution in [0.25, 0.3) is 0 Å². The van der Waals surface area contributed by atoms with E-state index < -0.39 is 11.6 Å². The molecule has 3 rings (SSSR count). The maximum absolute atomic E-state index is 12.9. The third-order valence-corrected chi connectivity index (χ3v) is 4.45. The molecule has 0 saturated heterocycles. The Kier molecular flexibility index (Phi) is 5.17. The highest BCUT2D eigenvalue weighted by Crippen LogP contribution is 2.36. The predicted octanol–water partition coefficient (Wildman–Crippen LogP) is 3.75. The van der Waals surface area contributed by atoms with Crippen LogP contribution >= 0.6 is 0 Å². The lowest BCUT2D eigenvalue weighted by Gasteiger charge is -2.38. The number of benzene rings is 1. The molecule has 0 bridgehead atoms. The number of methoxy groups -OCH3 is 1. The largest absolute Gasteiger partial charge is 0.465 e. The molecular formula is C21H24N2O4. The topological polar surface area (TPSA) is 68.7 Å². The molecule has 1 aromatic heterocycles. The Labute approximate surface area is 159 Å². The average Bonchev–Trinajstić information content (AvgIpc) is 2.65. The number of carbonyl (C=O) groups excluding carboxylic acids is 2. The minimum absolute atomic E-state index is 0.351. The van der Waals surface area contributed by atoms with Crippen LogP contribution in [0.1, 0.15) is 53.9 Å². The third kappa shape index (κ3) is 4.10. The number of aromatic nitrogens is 1. The van der Waals surface area contributed by atoms with Crippen molar-refractivity contribution in [3.63, 3.8) is 0 Å². The molecule has 0 saturated carbocycles. The summed E-state index contributed by atoms with van der Waals surface area (Å²) < 4.78 is 10.5. The molecular weight excluding hydrogens is 344 g/mol. The lowest BCUT2D eigenvalue weighted by molar-refractivity contribution is 0.0178. The van der Waals surface area contributed by atoms with Gasteiger partial charge >= 0.3 is 12.1 Å². The van der Waals surface area contributed by atoms with Gasteiger partial charge in [0.15, 0.2) is 0 Å². The van der Waals surface area contributed by atoms with Crippen molar-refractivity contribution >= 4 is 12.1 Å². The zero-order chi connectivity index (χ0) is 19.6. The molecule has 1 unspecified atom stereocenters. The molecule has 0 N–H and O–H groups in total. The number of carbonyl (C=O) groups is 2. The third-order valence-electron chi connectivity index (χ3n) is 4.45. The Balaban J connectivity index is 2.08. The van der Waals surface area contributed by atoms with Gasteiger partial charge in [-0.1, -0.05) is 6.07 Å². The molecule has 2 aromatic rings. The second-order valence-corrected chi connectivity index (χ2v) is 7.51. The van der Waals surface area contributed by atoms with E-state index in [-0.39, 0.29) is 12.1 Å². The van der Waals surface area contributed by atoms with Crippen molar-refractivity contribution in [2.45, 2.75) is 38.8 Å². The second-order valence-electron chi connectivity index (χ2n) is 7.51. The van der Waals surface area contributed by atoms with Crippen molar-refractivity contribution in [2.24, 2.45) is 0 Å². The van der Waals surface area contributed by atoms with E-state index in [2.05, 4.69) is 4.98 Å². The van der Waals surface area contributed by atoms with E-state index >= 15 is 0 Å². The van der Waals surface area contributed by atoms with E-state index in [1.54, 1.807) is 23.4 Å². The summed E-state index contributed by atoms with van der Waals surface area (Å²) in [5, 5.41) is 0. The van der Waals surface area contributed by atoms with E-state index in [1.165, 1.54) is 7.11 Å². The molecule has 0 radical (unpaired) electrons. The number of fused-ring (bicyclic) bond motifs is 1. The van der Waals surface area contributed by atoms with Crippen molar-refractivity contribution in [3.05, 3.63) is 65.0 Å². The van der Waals surface area contributed by atoms with Crippen LogP contribution in [-0.4, -0.2) is 41.2 Å². The average molecular weight is 368 g/mol. The van der Waals surface area contributed by atoms with Crippen molar-refractivity contribution in [2.75, 3.05) is 13.7 Å². The van der Waals surface area contributed by atoms with Gasteiger partial charge in [0.1, 0.15) is 5.60 Å². The van der Waals surface area contributed by atoms with E-state index in [4.69, 9.17) is 9.47 Å². The number of pyridine rings is 1. The molecule has 0 spiro atoms. The van der Waals surface area contributed by atoms with E-state index in [9.17, 15) is 9.59 Å². The summed E-state index contributed by atoms with van der Waals surface area (Å²) in [7, 11) is 1.36. The SMILES string of the molecule is COC(=O)c1ccc2c(c1)C(c1ccncc1)N(C(=O)OC(C)(C)C)CC2. The van der Waals surface area contributed by atoms with Crippen molar-refractivity contribution in [1.82, 2.24) is 9.88 Å². The first kappa shape index (κ1) is 18.9. The zero-order valence-corrected chi connectivity index (χ0v) is 16.1. The summed E-state index contributed by atoms with van der Waals surface area (Å²) in [4.78, 5) is 30.7. The molecule has 1 atom stereocenters. The van der Waals surface area contributed by atoms with E-state index in [1.807, 2.05) is 45.0 Å². The number of hydrogen-bond donors (Lipinski definition) is 0. The van der Waals surface area contributed by atoms with Crippen LogP contribution in [0.5, 0.6) is 0 Å². The number of nitrogens with zero attached hydrogens (tertiary/aromatic N) is 2. The van der Waals surface area contributed by atoms with Crippen LogP contribution in [0.3, 0.4) is 0 Å². The Morgan fingerprint density at radius 2 is 1.85 bits per heavy atom. The van der Waals surface area contributed by atoms with Gasteiger partial charge in [-0.3, -0.25) is 9.88 Å². The Hall–Kier alpha value is -2.89. The smallest absolute Gasteiger partial charge is 0.411 e. The molecule has 6 nitrogen and oxygen atoms in total. The van der Waals surface area contributed by atoms with Crippen molar-refractivity contribution in [1.29, 1.82) is 0 Å². The minimum atomic E-state index is -0.589. The molecule has 2 heterocycles. The molecule has 1 aromatic carbocycles. The number of rotatable bonds is 2. The number of hydrogen-bond acceptors (Lipinski definition) is 5. The zero-order valence-electron chi connectivity index (χ0n) is 16.1. The molecule has 1 amide bonds. The maximum Gasteiger partial charge on any atom is 0.411 e. The van der Waals surface area contributed by atoms with Crippen molar-refractivity contribution in [3.8, 4) is 0 Å². The Morgan fingerprint density at radius 1 is 1.15 bits per heavy atom. The molecule has 0 fully saturated rings. The quantitative estimate of drug-likeness (QED) is 0.755. The van der Waals surface area contributed by atoms with Gasteiger partial charge in [0.05, 0.1) is 18.7 Å². The highest BCUT2D eigenvalue weighted by atomic mass is 16.6. The fourth-order valence-corrected chi connectivity index (χ4v) is 3.28. The van der Waals surface area contributed by atoms with Crippen LogP contribution in [0.4, 0.5) is 4.79 Å². The van der Waals surface area contributed by atoms with Gasteiger partial charge in [0, 0.05) is 18.9 Å². The summed E-state index contributed by atoms with van der Waals surface area (Å²) in [5.74, 6) is -0.402. The Bertz CT molecular complexity index is 843. The molecule has 6 heteroatoms. The number of amides is 1. The van der Waals surface area contributed by atoms with Gasteiger partial charge in [0.2, 0.25) is 0 Å². The molecule has 1 aliphatic heterocycles. The van der Waals surface area contributed by atoms with Crippen LogP contribution in [-0.2, 0) is 15.9 Å². The molecule has 0 aliphatic carbocycles. The van der Waals surface area contributed by atoms with Crippen LogP contribution in [0.15, 0.2) is 42.7 Å². The minimum Gasteiger partial charge on any atom is -0.465 e. The second kappa shape index (κ2) is 7.39. The highest BCUT2D eigenvalue weighted by molar-refractivity contribution is 5.89. The normalized spacial score (nSPS) is 16.4. The highest BCUT2D eigenvalue weighted by Gasteiger charge is 2.35. The van der Waals surface area contributed by atoms with Crippen LogP contribution < -0.4 is 0 Å². The molecule has 1 aliphatic rings. The fraction of sp³-hybridized carbons (Fsp3) is 0.381. The van der Waals surface area contributed by atoms with E-state index in [0.717, 1.165) is 16.7 Å². The van der Waals surface area contributed by atoms with Gasteiger partial charge in [-0.05, 0) is 68.1 Å². The van der Waals surface area contributed by atoms with Crippen LogP contribution in [0.2, 0.25) is 0 Å². The lowest BCUT2D eigenvalue weighted by Crippen LogP contribution is -2.43. The van der Waals surface area contributed by atoms with Gasteiger partial charge in [-0.2, -0.15) is 0 Å². The summed E-state index contributed by atoms with van der Waals surface area (Å²) in [6, 6.07) is 8.91. The van der Waals surface area contributed by atoms with Crippen LogP contribution in [0, 0.1) is 0 Å². The lowest BCUT2D eigenvalue weighted by atomic mass is 9.87. The monoisotopic (exact) mass is 368 g/mol. The molecule has 27 heavy (non-hydrogen) atoms. The first-order chi connectivity index (χ1) is 12.8. The number of ether oxygens (including phenoxy) is 2. The fourth-order valence-electron chi connectivity index (χ4n) is 3.28. The summed E-state index contributed by atoms with van der Waals surface area (Å²) in [6.45, 7) is 6.07. The summed E-state index contributed by atoms with van der Waals surface area (Å²) in [6.07, 6.45) is 3.71. The molecule has 142 valence electrons. The maximum atomic E-state index is 12.9. The van der Waals surface area contributed by atoms with Crippen molar-refractivity contribution < 1.29 is 19.1 Å². The standard InChI is InChI=1S/C21H24N2O4/c1-21(2,3)27-20(25)23-12-9-14-5-6-16(19(24)26-4)13-17(14)18(23)15-7-10-22-11-8-15/h5-8,10-11,13,18H,9,12H2,1-4H3. The Morgan fingerprint density at radius 3 is 2.48 bits per heavy atom. The number of esters is 1. The first-order valence-corrected chi connectivity index (χ1v) is 8.91. The summed E-state index contributed by atoms with van der Waals surface area (Å²) in [5.41, 5.74) is 2.79. The van der Waals surface area contributed by atoms with Gasteiger partial charge in [-0.25, -0.2) is 9.59 Å². The van der Waals surface area contributed by atoms with Gasteiger partial charge < -0.3 is 9.47 Å². The predicted molar refractivity (Wildman–Crippen MR) is 101 cm³/mol. The van der Waals surface area contributed by atoms with E-state index in [0.29, 0.717) is 18.5 Å². The van der Waals surface area contributed by atoms with Gasteiger partial charge in [0.25, 0.3) is 0 Å².